The van der Waals surface area contributed by atoms with Gasteiger partial charge in [-0.1, -0.05) is 133 Å². The van der Waals surface area contributed by atoms with Crippen molar-refractivity contribution >= 4 is 70.4 Å². The van der Waals surface area contributed by atoms with E-state index in [-0.39, 0.29) is 0 Å². The van der Waals surface area contributed by atoms with Crippen molar-refractivity contribution in [3.05, 3.63) is 206 Å². The third kappa shape index (κ3) is 6.13. The van der Waals surface area contributed by atoms with E-state index in [9.17, 15) is 0 Å². The van der Waals surface area contributed by atoms with Crippen LogP contribution in [0.5, 0.6) is 0 Å². The monoisotopic (exact) mass is 746 g/mol. The quantitative estimate of drug-likeness (QED) is 0.163. The fourth-order valence-corrected chi connectivity index (χ4v) is 9.12. The first kappa shape index (κ1) is 33.1. The standard InChI is InChI=1S/C53H34N2OS/c1-3-10-35(11-4-1)41-16-9-17-46(31-41)55(44-25-20-37(21-26-44)42-19-18-36-12-7-8-15-40(36)30-42)45-27-22-38(23-28-45)43-24-29-47-48-33-50-49(34-52(48)57-51(47)32-43)54-53(56-50)39-13-5-2-6-14-39/h1-34H. The summed E-state index contributed by atoms with van der Waals surface area (Å²) < 4.78 is 8.68. The molecule has 0 radical (unpaired) electrons. The third-order valence-corrected chi connectivity index (χ3v) is 12.0. The van der Waals surface area contributed by atoms with E-state index in [1.165, 1.54) is 64.3 Å². The number of benzene rings is 9. The zero-order chi connectivity index (χ0) is 37.7. The van der Waals surface area contributed by atoms with E-state index < -0.39 is 0 Å². The van der Waals surface area contributed by atoms with Gasteiger partial charge in [0.1, 0.15) is 5.52 Å². The number of anilines is 3. The molecule has 0 amide bonds. The molecule has 0 spiro atoms. The molecule has 3 nitrogen and oxygen atoms in total. The van der Waals surface area contributed by atoms with Crippen LogP contribution in [0.1, 0.15) is 0 Å². The maximum Gasteiger partial charge on any atom is 0.227 e. The zero-order valence-corrected chi connectivity index (χ0v) is 31.7. The molecule has 0 fully saturated rings. The highest BCUT2D eigenvalue weighted by Crippen LogP contribution is 2.41. The lowest BCUT2D eigenvalue weighted by molar-refractivity contribution is 0.620. The molecule has 0 atom stereocenters. The van der Waals surface area contributed by atoms with Crippen molar-refractivity contribution in [2.75, 3.05) is 4.90 Å². The van der Waals surface area contributed by atoms with Gasteiger partial charge in [-0.05, 0) is 117 Å². The highest BCUT2D eigenvalue weighted by Gasteiger charge is 2.16. The molecule has 4 heteroatoms. The lowest BCUT2D eigenvalue weighted by Crippen LogP contribution is -2.10. The van der Waals surface area contributed by atoms with Crippen LogP contribution < -0.4 is 4.90 Å². The van der Waals surface area contributed by atoms with Crippen LogP contribution in [-0.4, -0.2) is 4.98 Å². The maximum absolute atomic E-state index is 6.23. The minimum atomic E-state index is 0.652. The van der Waals surface area contributed by atoms with Gasteiger partial charge >= 0.3 is 0 Å². The summed E-state index contributed by atoms with van der Waals surface area (Å²) in [7, 11) is 0. The van der Waals surface area contributed by atoms with Crippen LogP contribution in [0.15, 0.2) is 211 Å². The van der Waals surface area contributed by atoms with Crippen molar-refractivity contribution in [1.82, 2.24) is 4.98 Å². The van der Waals surface area contributed by atoms with Crippen LogP contribution in [0.4, 0.5) is 17.1 Å². The number of nitrogens with zero attached hydrogens (tertiary/aromatic N) is 2. The smallest absolute Gasteiger partial charge is 0.227 e. The van der Waals surface area contributed by atoms with Crippen LogP contribution in [0.3, 0.4) is 0 Å². The fourth-order valence-electron chi connectivity index (χ4n) is 7.96. The van der Waals surface area contributed by atoms with E-state index in [1.807, 2.05) is 30.3 Å². The van der Waals surface area contributed by atoms with E-state index in [0.717, 1.165) is 33.7 Å². The Morgan fingerprint density at radius 3 is 1.67 bits per heavy atom. The van der Waals surface area contributed by atoms with Crippen LogP contribution in [-0.2, 0) is 0 Å². The molecule has 0 saturated carbocycles. The zero-order valence-electron chi connectivity index (χ0n) is 30.8. The Hall–Kier alpha value is -7.27. The first-order valence-electron chi connectivity index (χ1n) is 19.2. The van der Waals surface area contributed by atoms with E-state index in [0.29, 0.717) is 5.89 Å². The number of hydrogen-bond donors (Lipinski definition) is 0. The summed E-state index contributed by atoms with van der Waals surface area (Å²) in [4.78, 5) is 7.17. The summed E-state index contributed by atoms with van der Waals surface area (Å²) >= 11 is 1.80. The Morgan fingerprint density at radius 2 is 0.930 bits per heavy atom. The van der Waals surface area contributed by atoms with Gasteiger partial charge in [-0.15, -0.1) is 11.3 Å². The summed E-state index contributed by atoms with van der Waals surface area (Å²) in [5.74, 6) is 0.652. The van der Waals surface area contributed by atoms with E-state index in [2.05, 4.69) is 181 Å². The second-order valence-corrected chi connectivity index (χ2v) is 15.5. The van der Waals surface area contributed by atoms with E-state index in [4.69, 9.17) is 9.40 Å². The summed E-state index contributed by atoms with van der Waals surface area (Å²) in [6.07, 6.45) is 0. The Balaban J connectivity index is 0.942. The van der Waals surface area contributed by atoms with Crippen molar-refractivity contribution in [2.45, 2.75) is 0 Å². The molecule has 0 aliphatic rings. The van der Waals surface area contributed by atoms with Gasteiger partial charge in [0, 0.05) is 42.8 Å². The molecule has 2 aromatic heterocycles. The van der Waals surface area contributed by atoms with Crippen molar-refractivity contribution in [1.29, 1.82) is 0 Å². The average Bonchev–Trinajstić information content (AvgIpc) is 3.87. The Bertz CT molecular complexity index is 3220. The number of aromatic nitrogens is 1. The highest BCUT2D eigenvalue weighted by atomic mass is 32.1. The normalized spacial score (nSPS) is 11.5. The molecule has 0 N–H and O–H groups in total. The lowest BCUT2D eigenvalue weighted by atomic mass is 10.00. The molecule has 57 heavy (non-hydrogen) atoms. The minimum absolute atomic E-state index is 0.652. The van der Waals surface area contributed by atoms with Crippen LogP contribution >= 0.6 is 11.3 Å². The maximum atomic E-state index is 6.23. The molecule has 0 aliphatic carbocycles. The molecule has 11 aromatic rings. The SMILES string of the molecule is c1ccc(-c2cccc(N(c3ccc(-c4ccc5ccccc5c4)cc3)c3ccc(-c4ccc5c(c4)sc4cc6nc(-c7ccccc7)oc6cc45)cc3)c2)cc1. The van der Waals surface area contributed by atoms with Gasteiger partial charge in [0.2, 0.25) is 5.89 Å². The average molecular weight is 747 g/mol. The molecule has 0 unspecified atom stereocenters. The van der Waals surface area contributed by atoms with E-state index in [1.54, 1.807) is 11.3 Å². The van der Waals surface area contributed by atoms with Crippen molar-refractivity contribution in [3.8, 4) is 44.8 Å². The van der Waals surface area contributed by atoms with Gasteiger partial charge in [-0.3, -0.25) is 0 Å². The van der Waals surface area contributed by atoms with Crippen LogP contribution in [0.2, 0.25) is 0 Å². The Labute approximate surface area is 334 Å². The van der Waals surface area contributed by atoms with Crippen LogP contribution in [0.25, 0.3) is 86.9 Å². The van der Waals surface area contributed by atoms with Gasteiger partial charge in [0.05, 0.1) is 0 Å². The van der Waals surface area contributed by atoms with Crippen LogP contribution in [0, 0.1) is 0 Å². The number of fused-ring (bicyclic) bond motifs is 5. The summed E-state index contributed by atoms with van der Waals surface area (Å²) in [6, 6.07) is 73.7. The molecule has 0 aliphatic heterocycles. The minimum Gasteiger partial charge on any atom is -0.436 e. The van der Waals surface area contributed by atoms with E-state index >= 15 is 0 Å². The Kier molecular flexibility index (Phi) is 8.01. The second kappa shape index (κ2) is 13.8. The summed E-state index contributed by atoms with van der Waals surface area (Å²) in [5.41, 5.74) is 13.1. The van der Waals surface area contributed by atoms with Crippen molar-refractivity contribution in [3.63, 3.8) is 0 Å². The van der Waals surface area contributed by atoms with Crippen molar-refractivity contribution in [2.24, 2.45) is 0 Å². The fraction of sp³-hybridized carbons (Fsp3) is 0. The molecule has 2 heterocycles. The summed E-state index contributed by atoms with van der Waals surface area (Å²) in [6.45, 7) is 0. The summed E-state index contributed by atoms with van der Waals surface area (Å²) in [5, 5.41) is 4.92. The highest BCUT2D eigenvalue weighted by molar-refractivity contribution is 7.25. The Morgan fingerprint density at radius 1 is 0.368 bits per heavy atom. The second-order valence-electron chi connectivity index (χ2n) is 14.4. The molecule has 9 aromatic carbocycles. The predicted octanol–water partition coefficient (Wildman–Crippen LogP) is 15.5. The van der Waals surface area contributed by atoms with Gasteiger partial charge in [0.25, 0.3) is 0 Å². The largest absolute Gasteiger partial charge is 0.436 e. The van der Waals surface area contributed by atoms with Gasteiger partial charge < -0.3 is 9.32 Å². The third-order valence-electron chi connectivity index (χ3n) is 10.9. The molecular formula is C53H34N2OS. The topological polar surface area (TPSA) is 29.3 Å². The molecule has 11 rings (SSSR count). The number of rotatable bonds is 7. The number of hydrogen-bond acceptors (Lipinski definition) is 4. The van der Waals surface area contributed by atoms with Gasteiger partial charge in [-0.2, -0.15) is 0 Å². The van der Waals surface area contributed by atoms with Gasteiger partial charge in [0.15, 0.2) is 5.58 Å². The first-order chi connectivity index (χ1) is 28.2. The number of thiophene rings is 1. The lowest BCUT2D eigenvalue weighted by Gasteiger charge is -2.26. The molecule has 0 bridgehead atoms. The number of oxazole rings is 1. The van der Waals surface area contributed by atoms with Crippen molar-refractivity contribution < 1.29 is 4.42 Å². The van der Waals surface area contributed by atoms with Gasteiger partial charge in [-0.25, -0.2) is 4.98 Å². The molecule has 0 saturated heterocycles. The predicted molar refractivity (Wildman–Crippen MR) is 241 cm³/mol. The molecular weight excluding hydrogens is 713 g/mol. The molecule has 268 valence electrons. The first-order valence-corrected chi connectivity index (χ1v) is 20.0.